The molecule has 0 aliphatic carbocycles. The minimum Gasteiger partial charge on any atom is -0.382 e. The largest absolute Gasteiger partial charge is 0.382 e. The summed E-state index contributed by atoms with van der Waals surface area (Å²) >= 11 is 7.31. The normalized spacial score (nSPS) is 10.7. The van der Waals surface area contributed by atoms with Gasteiger partial charge < -0.3 is 15.4 Å². The monoisotopic (exact) mass is 473 g/mol. The van der Waals surface area contributed by atoms with Gasteiger partial charge in [-0.25, -0.2) is 0 Å². The van der Waals surface area contributed by atoms with Crippen LogP contribution in [-0.2, 0) is 9.53 Å². The van der Waals surface area contributed by atoms with Crippen molar-refractivity contribution in [3.05, 3.63) is 65.4 Å². The molecule has 0 aliphatic rings. The molecule has 8 nitrogen and oxygen atoms in total. The first kappa shape index (κ1) is 23.8. The Hall–Kier alpha value is -2.88. The van der Waals surface area contributed by atoms with E-state index in [-0.39, 0.29) is 17.6 Å². The van der Waals surface area contributed by atoms with Crippen LogP contribution in [0.1, 0.15) is 23.7 Å². The molecule has 10 heteroatoms. The number of thioether (sulfide) groups is 1. The zero-order valence-corrected chi connectivity index (χ0v) is 19.2. The molecule has 3 rings (SSSR count). The van der Waals surface area contributed by atoms with E-state index in [1.165, 1.54) is 11.8 Å². The first-order chi connectivity index (χ1) is 15.6. The van der Waals surface area contributed by atoms with Gasteiger partial charge in [0.2, 0.25) is 5.91 Å². The smallest absolute Gasteiger partial charge is 0.251 e. The number of nitrogens with zero attached hydrogens (tertiary/aromatic N) is 3. The van der Waals surface area contributed by atoms with Gasteiger partial charge in [-0.2, -0.15) is 0 Å². The molecule has 0 atom stereocenters. The molecule has 168 valence electrons. The van der Waals surface area contributed by atoms with E-state index in [4.69, 9.17) is 16.3 Å². The summed E-state index contributed by atoms with van der Waals surface area (Å²) in [6.07, 6.45) is 2.31. The van der Waals surface area contributed by atoms with Crippen LogP contribution < -0.4 is 10.6 Å². The molecular weight excluding hydrogens is 450 g/mol. The van der Waals surface area contributed by atoms with E-state index in [9.17, 15) is 9.59 Å². The number of hydrogen-bond donors (Lipinski definition) is 2. The van der Waals surface area contributed by atoms with Crippen molar-refractivity contribution < 1.29 is 14.3 Å². The Kier molecular flexibility index (Phi) is 9.09. The van der Waals surface area contributed by atoms with Gasteiger partial charge >= 0.3 is 0 Å². The molecule has 0 fully saturated rings. The van der Waals surface area contributed by atoms with Crippen LogP contribution in [0.4, 0.5) is 5.69 Å². The topological polar surface area (TPSA) is 98.1 Å². The summed E-state index contributed by atoms with van der Waals surface area (Å²) in [5, 5.41) is 14.8. The summed E-state index contributed by atoms with van der Waals surface area (Å²) in [5.74, 6) is -0.279. The molecule has 1 heterocycles. The summed E-state index contributed by atoms with van der Waals surface area (Å²) in [4.78, 5) is 24.7. The van der Waals surface area contributed by atoms with Gasteiger partial charge in [0.15, 0.2) is 5.16 Å². The molecule has 0 saturated heterocycles. The second-order valence-electron chi connectivity index (χ2n) is 6.69. The summed E-state index contributed by atoms with van der Waals surface area (Å²) in [5.41, 5.74) is 1.84. The lowest BCUT2D eigenvalue weighted by Gasteiger charge is -2.09. The fourth-order valence-corrected chi connectivity index (χ4v) is 3.73. The standard InChI is InChI=1S/C22H24ClN5O3S/c1-2-31-11-5-10-24-21(30)16-6-3-8-18(12-16)26-20(29)14-32-22-27-25-15-28(22)19-9-4-7-17(23)13-19/h3-4,6-9,12-13,15H,2,5,10-11,14H2,1H3,(H,24,30)(H,26,29). The zero-order chi connectivity index (χ0) is 22.8. The van der Waals surface area contributed by atoms with Crippen LogP contribution in [0.2, 0.25) is 5.02 Å². The molecule has 0 spiro atoms. The third-order valence-electron chi connectivity index (χ3n) is 4.30. The number of carbonyl (C=O) groups excluding carboxylic acids is 2. The third-order valence-corrected chi connectivity index (χ3v) is 5.48. The van der Waals surface area contributed by atoms with Crippen molar-refractivity contribution >= 4 is 40.9 Å². The van der Waals surface area contributed by atoms with Crippen molar-refractivity contribution in [3.63, 3.8) is 0 Å². The summed E-state index contributed by atoms with van der Waals surface area (Å²) < 4.78 is 7.02. The molecule has 2 amide bonds. The van der Waals surface area contributed by atoms with Crippen molar-refractivity contribution in [1.82, 2.24) is 20.1 Å². The average molecular weight is 474 g/mol. The molecule has 0 radical (unpaired) electrons. The highest BCUT2D eigenvalue weighted by Gasteiger charge is 2.12. The molecule has 0 unspecified atom stereocenters. The Labute approximate surface area is 195 Å². The van der Waals surface area contributed by atoms with Crippen LogP contribution in [0.5, 0.6) is 0 Å². The zero-order valence-electron chi connectivity index (χ0n) is 17.6. The maximum atomic E-state index is 12.4. The van der Waals surface area contributed by atoms with Gasteiger partial charge in [-0.05, 0) is 49.7 Å². The summed E-state index contributed by atoms with van der Waals surface area (Å²) in [6.45, 7) is 3.73. The Balaban J connectivity index is 1.52. The van der Waals surface area contributed by atoms with Crippen LogP contribution >= 0.6 is 23.4 Å². The molecule has 0 aliphatic heterocycles. The lowest BCUT2D eigenvalue weighted by Crippen LogP contribution is -2.25. The van der Waals surface area contributed by atoms with Gasteiger partial charge in [-0.15, -0.1) is 10.2 Å². The van der Waals surface area contributed by atoms with Crippen LogP contribution in [0, 0.1) is 0 Å². The predicted molar refractivity (Wildman–Crippen MR) is 126 cm³/mol. The van der Waals surface area contributed by atoms with E-state index < -0.39 is 0 Å². The number of anilines is 1. The Morgan fingerprint density at radius 2 is 2.03 bits per heavy atom. The number of ether oxygens (including phenoxy) is 1. The van der Waals surface area contributed by atoms with Crippen molar-refractivity contribution in [3.8, 4) is 5.69 Å². The van der Waals surface area contributed by atoms with Crippen LogP contribution in [-0.4, -0.2) is 52.1 Å². The molecule has 32 heavy (non-hydrogen) atoms. The fourth-order valence-electron chi connectivity index (χ4n) is 2.81. The number of aromatic nitrogens is 3. The van der Waals surface area contributed by atoms with E-state index >= 15 is 0 Å². The second kappa shape index (κ2) is 12.2. The van der Waals surface area contributed by atoms with E-state index in [1.54, 1.807) is 47.3 Å². The van der Waals surface area contributed by atoms with Crippen molar-refractivity contribution in [2.75, 3.05) is 30.8 Å². The van der Waals surface area contributed by atoms with Gasteiger partial charge in [-0.1, -0.05) is 35.5 Å². The molecule has 1 aromatic heterocycles. The highest BCUT2D eigenvalue weighted by atomic mass is 35.5. The number of hydrogen-bond acceptors (Lipinski definition) is 6. The second-order valence-corrected chi connectivity index (χ2v) is 8.07. The number of carbonyl (C=O) groups is 2. The first-order valence-electron chi connectivity index (χ1n) is 10.1. The van der Waals surface area contributed by atoms with E-state index in [0.717, 1.165) is 12.1 Å². The van der Waals surface area contributed by atoms with Gasteiger partial charge in [0.05, 0.1) is 11.4 Å². The molecule has 0 saturated carbocycles. The Morgan fingerprint density at radius 1 is 1.19 bits per heavy atom. The fraction of sp³-hybridized carbons (Fsp3) is 0.273. The lowest BCUT2D eigenvalue weighted by atomic mass is 10.2. The lowest BCUT2D eigenvalue weighted by molar-refractivity contribution is -0.113. The van der Waals surface area contributed by atoms with Crippen molar-refractivity contribution in [1.29, 1.82) is 0 Å². The maximum absolute atomic E-state index is 12.4. The van der Waals surface area contributed by atoms with E-state index in [1.807, 2.05) is 19.1 Å². The summed E-state index contributed by atoms with van der Waals surface area (Å²) in [6, 6.07) is 14.1. The van der Waals surface area contributed by atoms with Crippen LogP contribution in [0.15, 0.2) is 60.0 Å². The number of amides is 2. The van der Waals surface area contributed by atoms with Crippen molar-refractivity contribution in [2.24, 2.45) is 0 Å². The highest BCUT2D eigenvalue weighted by Crippen LogP contribution is 2.22. The first-order valence-corrected chi connectivity index (χ1v) is 11.5. The van der Waals surface area contributed by atoms with Gasteiger partial charge in [0.1, 0.15) is 6.33 Å². The molecular formula is C22H24ClN5O3S. The molecule has 2 aromatic carbocycles. The molecule has 2 N–H and O–H groups in total. The Morgan fingerprint density at radius 3 is 2.84 bits per heavy atom. The van der Waals surface area contributed by atoms with Gasteiger partial charge in [-0.3, -0.25) is 14.2 Å². The molecule has 0 bridgehead atoms. The maximum Gasteiger partial charge on any atom is 0.251 e. The quantitative estimate of drug-likeness (QED) is 0.324. The van der Waals surface area contributed by atoms with Crippen molar-refractivity contribution in [2.45, 2.75) is 18.5 Å². The van der Waals surface area contributed by atoms with Gasteiger partial charge in [0, 0.05) is 36.0 Å². The van der Waals surface area contributed by atoms with E-state index in [0.29, 0.717) is 41.2 Å². The minimum absolute atomic E-state index is 0.132. The van der Waals surface area contributed by atoms with Crippen LogP contribution in [0.3, 0.4) is 0 Å². The average Bonchev–Trinajstić information content (AvgIpc) is 3.26. The summed E-state index contributed by atoms with van der Waals surface area (Å²) in [7, 11) is 0. The minimum atomic E-state index is -0.218. The predicted octanol–water partition coefficient (Wildman–Crippen LogP) is 3.81. The van der Waals surface area contributed by atoms with E-state index in [2.05, 4.69) is 20.8 Å². The van der Waals surface area contributed by atoms with Crippen LogP contribution in [0.25, 0.3) is 5.69 Å². The Bertz CT molecular complexity index is 1060. The molecule has 3 aromatic rings. The number of halogens is 1. The third kappa shape index (κ3) is 7.08. The number of benzene rings is 2. The van der Waals surface area contributed by atoms with Gasteiger partial charge in [0.25, 0.3) is 5.91 Å². The SMILES string of the molecule is CCOCCCNC(=O)c1cccc(NC(=O)CSc2nncn2-c2cccc(Cl)c2)c1. The highest BCUT2D eigenvalue weighted by molar-refractivity contribution is 7.99. The number of nitrogens with one attached hydrogen (secondary N) is 2. The number of rotatable bonds is 11.